The molecule has 0 atom stereocenters. The highest BCUT2D eigenvalue weighted by Gasteiger charge is 2.24. The topological polar surface area (TPSA) is 90.5 Å². The van der Waals surface area contributed by atoms with Crippen molar-refractivity contribution in [1.29, 1.82) is 0 Å². The Labute approximate surface area is 195 Å². The van der Waals surface area contributed by atoms with Gasteiger partial charge in [-0.1, -0.05) is 17.7 Å². The molecule has 2 aromatic heterocycles. The predicted molar refractivity (Wildman–Crippen MR) is 125 cm³/mol. The number of nitrogens with one attached hydrogen (secondary N) is 2. The minimum Gasteiger partial charge on any atom is -0.349 e. The van der Waals surface area contributed by atoms with Gasteiger partial charge in [0.25, 0.3) is 5.91 Å². The maximum Gasteiger partial charge on any atom is 0.273 e. The minimum absolute atomic E-state index is 0.0483. The molecule has 0 unspecified atom stereocenters. The average Bonchev–Trinajstić information content (AvgIpc) is 3.28. The minimum atomic E-state index is -0.0929. The first-order chi connectivity index (χ1) is 15.6. The van der Waals surface area contributed by atoms with Gasteiger partial charge in [0.1, 0.15) is 5.69 Å². The SMILES string of the molecule is O=C(CN1CCN(C(=O)c2csc(Nc3ccc(Cl)cc3)n2)CC1)NCc1ccccn1. The first-order valence-corrected chi connectivity index (χ1v) is 11.5. The number of hydrogen-bond donors (Lipinski definition) is 2. The highest BCUT2D eigenvalue weighted by molar-refractivity contribution is 7.14. The van der Waals surface area contributed by atoms with Gasteiger partial charge in [-0.15, -0.1) is 11.3 Å². The van der Waals surface area contributed by atoms with E-state index in [-0.39, 0.29) is 11.8 Å². The Bertz CT molecular complexity index is 1050. The van der Waals surface area contributed by atoms with E-state index in [2.05, 4.69) is 20.6 Å². The molecule has 8 nitrogen and oxygen atoms in total. The van der Waals surface area contributed by atoms with Crippen LogP contribution < -0.4 is 10.6 Å². The maximum atomic E-state index is 12.8. The second-order valence-electron chi connectivity index (χ2n) is 7.34. The summed E-state index contributed by atoms with van der Waals surface area (Å²) in [5.74, 6) is -0.141. The lowest BCUT2D eigenvalue weighted by Crippen LogP contribution is -2.51. The van der Waals surface area contributed by atoms with E-state index in [0.717, 1.165) is 11.4 Å². The number of amides is 2. The zero-order valence-corrected chi connectivity index (χ0v) is 18.9. The van der Waals surface area contributed by atoms with Gasteiger partial charge in [0, 0.05) is 48.5 Å². The molecule has 10 heteroatoms. The molecule has 1 aromatic carbocycles. The van der Waals surface area contributed by atoms with Crippen LogP contribution in [-0.4, -0.2) is 64.3 Å². The summed E-state index contributed by atoms with van der Waals surface area (Å²) in [6.07, 6.45) is 1.71. The molecule has 2 amide bonds. The van der Waals surface area contributed by atoms with Crippen molar-refractivity contribution in [2.75, 3.05) is 38.0 Å². The molecule has 1 aliphatic heterocycles. The Balaban J connectivity index is 1.22. The number of piperazine rings is 1. The molecule has 1 fully saturated rings. The summed E-state index contributed by atoms with van der Waals surface area (Å²) in [6, 6.07) is 12.9. The zero-order valence-electron chi connectivity index (χ0n) is 17.3. The number of carbonyl (C=O) groups is 2. The van der Waals surface area contributed by atoms with Crippen LogP contribution in [0.4, 0.5) is 10.8 Å². The van der Waals surface area contributed by atoms with E-state index < -0.39 is 0 Å². The summed E-state index contributed by atoms with van der Waals surface area (Å²) in [6.45, 7) is 3.12. The van der Waals surface area contributed by atoms with Crippen molar-refractivity contribution in [3.05, 3.63) is 70.5 Å². The van der Waals surface area contributed by atoms with E-state index in [4.69, 9.17) is 11.6 Å². The number of pyridine rings is 1. The van der Waals surface area contributed by atoms with E-state index in [1.807, 2.05) is 35.2 Å². The molecule has 1 saturated heterocycles. The van der Waals surface area contributed by atoms with Gasteiger partial charge in [-0.3, -0.25) is 19.5 Å². The van der Waals surface area contributed by atoms with Crippen LogP contribution in [0.1, 0.15) is 16.2 Å². The molecule has 3 heterocycles. The fraction of sp³-hybridized carbons (Fsp3) is 0.273. The maximum absolute atomic E-state index is 12.8. The van der Waals surface area contributed by atoms with Gasteiger partial charge in [0.2, 0.25) is 5.91 Å². The number of hydrogen-bond acceptors (Lipinski definition) is 7. The molecular weight excluding hydrogens is 448 g/mol. The summed E-state index contributed by atoms with van der Waals surface area (Å²) in [7, 11) is 0. The van der Waals surface area contributed by atoms with Crippen LogP contribution in [0.15, 0.2) is 54.0 Å². The molecule has 0 radical (unpaired) electrons. The van der Waals surface area contributed by atoms with Crippen LogP contribution in [0.2, 0.25) is 5.02 Å². The van der Waals surface area contributed by atoms with Gasteiger partial charge in [-0.25, -0.2) is 4.98 Å². The van der Waals surface area contributed by atoms with Gasteiger partial charge in [0.15, 0.2) is 5.13 Å². The molecular formula is C22H23ClN6O2S. The van der Waals surface area contributed by atoms with Gasteiger partial charge in [-0.2, -0.15) is 0 Å². The van der Waals surface area contributed by atoms with E-state index in [1.165, 1.54) is 11.3 Å². The predicted octanol–water partition coefficient (Wildman–Crippen LogP) is 3.01. The Morgan fingerprint density at radius 2 is 1.84 bits per heavy atom. The number of rotatable bonds is 7. The summed E-state index contributed by atoms with van der Waals surface area (Å²) < 4.78 is 0. The molecule has 0 spiro atoms. The average molecular weight is 471 g/mol. The molecule has 3 aromatic rings. The molecule has 2 N–H and O–H groups in total. The van der Waals surface area contributed by atoms with Crippen LogP contribution in [0.25, 0.3) is 0 Å². The van der Waals surface area contributed by atoms with Gasteiger partial charge in [0.05, 0.1) is 18.8 Å². The van der Waals surface area contributed by atoms with E-state index in [0.29, 0.717) is 55.1 Å². The van der Waals surface area contributed by atoms with Crippen molar-refractivity contribution in [3.8, 4) is 0 Å². The van der Waals surface area contributed by atoms with Crippen molar-refractivity contribution in [1.82, 2.24) is 25.1 Å². The van der Waals surface area contributed by atoms with Gasteiger partial charge in [-0.05, 0) is 36.4 Å². The van der Waals surface area contributed by atoms with Gasteiger partial charge < -0.3 is 15.5 Å². The monoisotopic (exact) mass is 470 g/mol. The number of halogens is 1. The smallest absolute Gasteiger partial charge is 0.273 e. The number of thiazole rings is 1. The third-order valence-electron chi connectivity index (χ3n) is 5.04. The molecule has 0 aliphatic carbocycles. The third-order valence-corrected chi connectivity index (χ3v) is 6.05. The fourth-order valence-corrected chi connectivity index (χ4v) is 4.14. The Morgan fingerprint density at radius 1 is 1.06 bits per heavy atom. The molecule has 166 valence electrons. The Kier molecular flexibility index (Phi) is 7.31. The molecule has 0 bridgehead atoms. The summed E-state index contributed by atoms with van der Waals surface area (Å²) in [5.41, 5.74) is 2.11. The number of benzene rings is 1. The Morgan fingerprint density at radius 3 is 2.56 bits per heavy atom. The van der Waals surface area contributed by atoms with E-state index in [9.17, 15) is 9.59 Å². The number of nitrogens with zero attached hydrogens (tertiary/aromatic N) is 4. The van der Waals surface area contributed by atoms with Crippen molar-refractivity contribution < 1.29 is 9.59 Å². The second-order valence-corrected chi connectivity index (χ2v) is 8.63. The highest BCUT2D eigenvalue weighted by Crippen LogP contribution is 2.23. The number of aromatic nitrogens is 2. The molecule has 1 aliphatic rings. The second kappa shape index (κ2) is 10.5. The van der Waals surface area contributed by atoms with Crippen LogP contribution in [0, 0.1) is 0 Å². The standard InChI is InChI=1S/C22H23ClN6O2S/c23-16-4-6-17(7-5-16)26-22-27-19(15-32-22)21(31)29-11-9-28(10-12-29)14-20(30)25-13-18-3-1-2-8-24-18/h1-8,15H,9-14H2,(H,25,30)(H,26,27). The molecule has 4 rings (SSSR count). The van der Waals surface area contributed by atoms with Crippen molar-refractivity contribution in [2.45, 2.75) is 6.54 Å². The summed E-state index contributed by atoms with van der Waals surface area (Å²) >= 11 is 7.29. The Hall–Kier alpha value is -3.01. The number of anilines is 2. The normalized spacial score (nSPS) is 14.2. The van der Waals surface area contributed by atoms with E-state index >= 15 is 0 Å². The summed E-state index contributed by atoms with van der Waals surface area (Å²) in [5, 5.41) is 9.14. The summed E-state index contributed by atoms with van der Waals surface area (Å²) in [4.78, 5) is 37.5. The number of carbonyl (C=O) groups excluding carboxylic acids is 2. The fourth-order valence-electron chi connectivity index (χ4n) is 3.31. The van der Waals surface area contributed by atoms with Crippen LogP contribution in [0.3, 0.4) is 0 Å². The quantitative estimate of drug-likeness (QED) is 0.551. The zero-order chi connectivity index (χ0) is 22.3. The third kappa shape index (κ3) is 6.03. The van der Waals surface area contributed by atoms with Crippen LogP contribution >= 0.6 is 22.9 Å². The van der Waals surface area contributed by atoms with Crippen molar-refractivity contribution >= 4 is 45.6 Å². The van der Waals surface area contributed by atoms with Gasteiger partial charge >= 0.3 is 0 Å². The largest absolute Gasteiger partial charge is 0.349 e. The van der Waals surface area contributed by atoms with Crippen molar-refractivity contribution in [2.24, 2.45) is 0 Å². The van der Waals surface area contributed by atoms with Crippen molar-refractivity contribution in [3.63, 3.8) is 0 Å². The lowest BCUT2D eigenvalue weighted by atomic mass is 10.3. The van der Waals surface area contributed by atoms with Crippen LogP contribution in [-0.2, 0) is 11.3 Å². The molecule has 0 saturated carbocycles. The first kappa shape index (κ1) is 22.2. The lowest BCUT2D eigenvalue weighted by molar-refractivity contribution is -0.122. The highest BCUT2D eigenvalue weighted by atomic mass is 35.5. The lowest BCUT2D eigenvalue weighted by Gasteiger charge is -2.33. The van der Waals surface area contributed by atoms with Crippen LogP contribution in [0.5, 0.6) is 0 Å². The molecule has 32 heavy (non-hydrogen) atoms. The first-order valence-electron chi connectivity index (χ1n) is 10.2. The van der Waals surface area contributed by atoms with E-state index in [1.54, 1.807) is 28.6 Å².